The Bertz CT molecular complexity index is 576. The molecule has 3 rings (SSSR count). The average Bonchev–Trinajstić information content (AvgIpc) is 2.85. The average molecular weight is 230 g/mol. The first-order chi connectivity index (χ1) is 8.16. The number of nitrogens with zero attached hydrogens (tertiary/aromatic N) is 2. The summed E-state index contributed by atoms with van der Waals surface area (Å²) >= 11 is 0. The first kappa shape index (κ1) is 10.0. The highest BCUT2D eigenvalue weighted by Gasteiger charge is 2.18. The lowest BCUT2D eigenvalue weighted by molar-refractivity contribution is 0.439. The smallest absolute Gasteiger partial charge is 0.245 e. The first-order valence-electron chi connectivity index (χ1n) is 5.52. The normalized spacial score (nSPS) is 14.1. The summed E-state index contributed by atoms with van der Waals surface area (Å²) in [6.45, 7) is 1.05. The van der Waals surface area contributed by atoms with Gasteiger partial charge in [-0.1, -0.05) is 11.2 Å². The Balaban J connectivity index is 2.09. The van der Waals surface area contributed by atoms with Crippen LogP contribution in [0, 0.1) is 0 Å². The van der Waals surface area contributed by atoms with Gasteiger partial charge in [0, 0.05) is 24.8 Å². The van der Waals surface area contributed by atoms with Crippen molar-refractivity contribution in [2.75, 3.05) is 30.0 Å². The van der Waals surface area contributed by atoms with Gasteiger partial charge in [0.05, 0.1) is 0 Å². The number of likely N-dealkylation sites (N-methyl/N-ethyl adjacent to an activating group) is 1. The fourth-order valence-electron chi connectivity index (χ4n) is 2.23. The van der Waals surface area contributed by atoms with Crippen molar-refractivity contribution >= 4 is 17.3 Å². The number of fused-ring (bicyclic) bond motifs is 1. The molecule has 0 amide bonds. The van der Waals surface area contributed by atoms with Crippen molar-refractivity contribution in [1.82, 2.24) is 5.16 Å². The van der Waals surface area contributed by atoms with Gasteiger partial charge in [0.2, 0.25) is 5.88 Å². The van der Waals surface area contributed by atoms with E-state index in [-0.39, 0.29) is 5.88 Å². The van der Waals surface area contributed by atoms with Crippen LogP contribution in [0.2, 0.25) is 0 Å². The van der Waals surface area contributed by atoms with E-state index in [0.29, 0.717) is 11.4 Å². The van der Waals surface area contributed by atoms with E-state index in [4.69, 9.17) is 16.0 Å². The van der Waals surface area contributed by atoms with Gasteiger partial charge in [-0.05, 0) is 24.1 Å². The zero-order valence-electron chi connectivity index (χ0n) is 9.60. The summed E-state index contributed by atoms with van der Waals surface area (Å²) in [5, 5.41) is 3.89. The maximum Gasteiger partial charge on any atom is 0.245 e. The van der Waals surface area contributed by atoms with Crippen molar-refractivity contribution in [3.05, 3.63) is 23.8 Å². The quantitative estimate of drug-likeness (QED) is 0.775. The van der Waals surface area contributed by atoms with Gasteiger partial charge in [0.15, 0.2) is 0 Å². The van der Waals surface area contributed by atoms with Crippen LogP contribution in [0.1, 0.15) is 5.56 Å². The third kappa shape index (κ3) is 1.43. The lowest BCUT2D eigenvalue weighted by Gasteiger charge is -2.11. The molecule has 5 heteroatoms. The summed E-state index contributed by atoms with van der Waals surface area (Å²) in [7, 11) is 2.09. The highest BCUT2D eigenvalue weighted by atomic mass is 16.5. The number of rotatable bonds is 1. The summed E-state index contributed by atoms with van der Waals surface area (Å²) in [5.41, 5.74) is 15.9. The number of hydrogen-bond donors (Lipinski definition) is 2. The van der Waals surface area contributed by atoms with Gasteiger partial charge in [-0.2, -0.15) is 0 Å². The van der Waals surface area contributed by atoms with Gasteiger partial charge in [-0.15, -0.1) is 0 Å². The molecule has 88 valence electrons. The number of nitrogen functional groups attached to an aromatic ring is 2. The standard InChI is InChI=1S/C12H14N4O/c1-16-5-4-7-6-8(2-3-9(7)16)11-10(13)12(14)17-15-11/h2-3,6H,4-5,13-14H2,1H3. The lowest BCUT2D eigenvalue weighted by Crippen LogP contribution is -2.12. The molecular weight excluding hydrogens is 216 g/mol. The second-order valence-corrected chi connectivity index (χ2v) is 4.32. The predicted octanol–water partition coefficient (Wildman–Crippen LogP) is 1.50. The zero-order chi connectivity index (χ0) is 12.0. The molecule has 1 aromatic carbocycles. The topological polar surface area (TPSA) is 81.3 Å². The molecule has 1 aromatic heterocycles. The maximum absolute atomic E-state index is 5.82. The molecule has 2 heterocycles. The number of benzene rings is 1. The molecule has 0 spiro atoms. The zero-order valence-corrected chi connectivity index (χ0v) is 9.60. The molecule has 5 nitrogen and oxygen atoms in total. The second kappa shape index (κ2) is 3.41. The molecule has 17 heavy (non-hydrogen) atoms. The van der Waals surface area contributed by atoms with Crippen LogP contribution >= 0.6 is 0 Å². The van der Waals surface area contributed by atoms with E-state index in [2.05, 4.69) is 29.2 Å². The number of anilines is 3. The van der Waals surface area contributed by atoms with Crippen LogP contribution in [0.25, 0.3) is 11.3 Å². The maximum atomic E-state index is 5.82. The van der Waals surface area contributed by atoms with E-state index < -0.39 is 0 Å². The molecular formula is C12H14N4O. The van der Waals surface area contributed by atoms with Crippen molar-refractivity contribution in [1.29, 1.82) is 0 Å². The summed E-state index contributed by atoms with van der Waals surface area (Å²) in [5.74, 6) is 0.178. The molecule has 0 saturated carbocycles. The Hall–Kier alpha value is -2.17. The van der Waals surface area contributed by atoms with Gasteiger partial charge in [-0.3, -0.25) is 0 Å². The minimum absolute atomic E-state index is 0.178. The second-order valence-electron chi connectivity index (χ2n) is 4.32. The lowest BCUT2D eigenvalue weighted by atomic mass is 10.1. The largest absolute Gasteiger partial charge is 0.392 e. The number of hydrogen-bond acceptors (Lipinski definition) is 5. The minimum Gasteiger partial charge on any atom is -0.392 e. The van der Waals surface area contributed by atoms with Crippen molar-refractivity contribution in [2.24, 2.45) is 0 Å². The van der Waals surface area contributed by atoms with Crippen LogP contribution in [0.15, 0.2) is 22.7 Å². The molecule has 4 N–H and O–H groups in total. The fraction of sp³-hybridized carbons (Fsp3) is 0.250. The summed E-state index contributed by atoms with van der Waals surface area (Å²) in [4.78, 5) is 2.24. The van der Waals surface area contributed by atoms with Crippen molar-refractivity contribution in [3.63, 3.8) is 0 Å². The molecule has 0 aliphatic carbocycles. The van der Waals surface area contributed by atoms with Gasteiger partial charge < -0.3 is 20.9 Å². The Morgan fingerprint density at radius 2 is 2.18 bits per heavy atom. The Kier molecular flexibility index (Phi) is 2.01. The van der Waals surface area contributed by atoms with Crippen molar-refractivity contribution in [3.8, 4) is 11.3 Å². The highest BCUT2D eigenvalue weighted by Crippen LogP contribution is 2.34. The van der Waals surface area contributed by atoms with E-state index in [0.717, 1.165) is 18.5 Å². The van der Waals surface area contributed by atoms with E-state index in [1.807, 2.05) is 6.07 Å². The third-order valence-electron chi connectivity index (χ3n) is 3.24. The van der Waals surface area contributed by atoms with E-state index in [1.165, 1.54) is 11.3 Å². The molecule has 0 unspecified atom stereocenters. The molecule has 0 fully saturated rings. The molecule has 0 atom stereocenters. The van der Waals surface area contributed by atoms with E-state index >= 15 is 0 Å². The molecule has 0 radical (unpaired) electrons. The molecule has 0 saturated heterocycles. The highest BCUT2D eigenvalue weighted by molar-refractivity contribution is 5.80. The van der Waals surface area contributed by atoms with E-state index in [9.17, 15) is 0 Å². The van der Waals surface area contributed by atoms with Crippen LogP contribution in [-0.2, 0) is 6.42 Å². The van der Waals surface area contributed by atoms with Gasteiger partial charge in [0.1, 0.15) is 11.4 Å². The molecule has 1 aliphatic heterocycles. The van der Waals surface area contributed by atoms with Crippen LogP contribution in [0.4, 0.5) is 17.3 Å². The molecule has 1 aliphatic rings. The summed E-state index contributed by atoms with van der Waals surface area (Å²) < 4.78 is 4.88. The Labute approximate surface area is 99.0 Å². The summed E-state index contributed by atoms with van der Waals surface area (Å²) in [6, 6.07) is 6.18. The third-order valence-corrected chi connectivity index (χ3v) is 3.24. The number of aromatic nitrogens is 1. The fourth-order valence-corrected chi connectivity index (χ4v) is 2.23. The van der Waals surface area contributed by atoms with Crippen LogP contribution in [0.3, 0.4) is 0 Å². The van der Waals surface area contributed by atoms with Crippen LogP contribution in [0.5, 0.6) is 0 Å². The van der Waals surface area contributed by atoms with Crippen molar-refractivity contribution < 1.29 is 4.52 Å². The van der Waals surface area contributed by atoms with Crippen LogP contribution in [-0.4, -0.2) is 18.7 Å². The first-order valence-corrected chi connectivity index (χ1v) is 5.52. The minimum atomic E-state index is 0.178. The molecule has 0 bridgehead atoms. The van der Waals surface area contributed by atoms with Crippen molar-refractivity contribution in [2.45, 2.75) is 6.42 Å². The Morgan fingerprint density at radius 3 is 2.88 bits per heavy atom. The van der Waals surface area contributed by atoms with E-state index in [1.54, 1.807) is 0 Å². The summed E-state index contributed by atoms with van der Waals surface area (Å²) in [6.07, 6.45) is 1.05. The SMILES string of the molecule is CN1CCc2cc(-c3noc(N)c3N)ccc21. The monoisotopic (exact) mass is 230 g/mol. The van der Waals surface area contributed by atoms with Gasteiger partial charge >= 0.3 is 0 Å². The van der Waals surface area contributed by atoms with Gasteiger partial charge in [-0.25, -0.2) is 0 Å². The number of nitrogens with two attached hydrogens (primary N) is 2. The Morgan fingerprint density at radius 1 is 1.35 bits per heavy atom. The molecule has 2 aromatic rings. The van der Waals surface area contributed by atoms with Gasteiger partial charge in [0.25, 0.3) is 0 Å². The van der Waals surface area contributed by atoms with Crippen LogP contribution < -0.4 is 16.4 Å². The predicted molar refractivity (Wildman–Crippen MR) is 67.7 cm³/mol.